The SMILES string of the molecule is Cc1cc(SC2CCC(C(C)C)CC2)ccc1Nc1ncc2cc(Cl)c(=O)n(C3CCCC34CC4)c2n1. The molecule has 37 heavy (non-hydrogen) atoms. The number of anilines is 2. The Morgan fingerprint density at radius 3 is 2.59 bits per heavy atom. The molecule has 1 N–H and O–H groups in total. The molecule has 3 fully saturated rings. The van der Waals surface area contributed by atoms with Crippen molar-refractivity contribution in [2.24, 2.45) is 17.3 Å². The molecule has 5 nitrogen and oxygen atoms in total. The number of fused-ring (bicyclic) bond motifs is 1. The zero-order valence-corrected chi connectivity index (χ0v) is 23.7. The molecule has 196 valence electrons. The molecule has 1 atom stereocenters. The molecule has 3 aliphatic rings. The van der Waals surface area contributed by atoms with Crippen LogP contribution in [0.5, 0.6) is 0 Å². The van der Waals surface area contributed by atoms with Gasteiger partial charge in [-0.15, -0.1) is 11.8 Å². The first-order valence-corrected chi connectivity index (χ1v) is 15.2. The summed E-state index contributed by atoms with van der Waals surface area (Å²) < 4.78 is 1.88. The summed E-state index contributed by atoms with van der Waals surface area (Å²) in [7, 11) is 0. The molecule has 0 aliphatic heterocycles. The molecule has 3 saturated carbocycles. The first-order chi connectivity index (χ1) is 17.8. The van der Waals surface area contributed by atoms with Gasteiger partial charge in [-0.2, -0.15) is 4.98 Å². The Kier molecular flexibility index (Phi) is 6.77. The van der Waals surface area contributed by atoms with Gasteiger partial charge in [0.25, 0.3) is 5.56 Å². The Balaban J connectivity index is 1.23. The lowest BCUT2D eigenvalue weighted by molar-refractivity contribution is 0.284. The van der Waals surface area contributed by atoms with Crippen LogP contribution >= 0.6 is 23.4 Å². The van der Waals surface area contributed by atoms with Crippen LogP contribution in [-0.2, 0) is 0 Å². The van der Waals surface area contributed by atoms with Crippen molar-refractivity contribution in [3.63, 3.8) is 0 Å². The predicted octanol–water partition coefficient (Wildman–Crippen LogP) is 8.31. The molecule has 2 heterocycles. The molecule has 0 radical (unpaired) electrons. The maximum atomic E-state index is 13.2. The molecular weight excluding hydrogens is 500 g/mol. The maximum Gasteiger partial charge on any atom is 0.271 e. The number of nitrogens with one attached hydrogen (secondary N) is 1. The fourth-order valence-electron chi connectivity index (χ4n) is 6.74. The fourth-order valence-corrected chi connectivity index (χ4v) is 8.23. The van der Waals surface area contributed by atoms with Gasteiger partial charge < -0.3 is 5.32 Å². The van der Waals surface area contributed by atoms with Gasteiger partial charge in [0.15, 0.2) is 0 Å². The number of aryl methyl sites for hydroxylation is 1. The predicted molar refractivity (Wildman–Crippen MR) is 154 cm³/mol. The minimum atomic E-state index is -0.128. The molecule has 6 rings (SSSR count). The van der Waals surface area contributed by atoms with E-state index in [1.807, 2.05) is 16.3 Å². The summed E-state index contributed by atoms with van der Waals surface area (Å²) in [5.41, 5.74) is 2.99. The van der Waals surface area contributed by atoms with Gasteiger partial charge in [0.05, 0.1) is 0 Å². The number of hydrogen-bond acceptors (Lipinski definition) is 5. The van der Waals surface area contributed by atoms with Gasteiger partial charge in [-0.3, -0.25) is 9.36 Å². The van der Waals surface area contributed by atoms with E-state index in [-0.39, 0.29) is 22.0 Å². The third-order valence-electron chi connectivity index (χ3n) is 9.20. The lowest BCUT2D eigenvalue weighted by atomic mass is 9.81. The van der Waals surface area contributed by atoms with E-state index >= 15 is 0 Å². The third-order valence-corrected chi connectivity index (χ3v) is 10.8. The monoisotopic (exact) mass is 536 g/mol. The first kappa shape index (κ1) is 25.2. The van der Waals surface area contributed by atoms with Crippen LogP contribution in [0.15, 0.2) is 40.2 Å². The lowest BCUT2D eigenvalue weighted by Gasteiger charge is -2.30. The average molecular weight is 537 g/mol. The number of halogens is 1. The summed E-state index contributed by atoms with van der Waals surface area (Å²) >= 11 is 8.40. The van der Waals surface area contributed by atoms with Crippen LogP contribution < -0.4 is 10.9 Å². The van der Waals surface area contributed by atoms with E-state index in [0.717, 1.165) is 35.8 Å². The standard InChI is InChI=1S/C30H37ClN4OS/c1-18(2)20-6-8-22(9-7-20)37-23-10-11-25(19(3)15-23)33-29-32-17-21-16-24(31)28(36)35(27(21)34-29)26-5-4-12-30(26)13-14-30/h10-11,15-18,20,22,26H,4-9,12-14H2,1-3H3,(H,32,33,34). The van der Waals surface area contributed by atoms with Crippen LogP contribution in [0.3, 0.4) is 0 Å². The van der Waals surface area contributed by atoms with Crippen molar-refractivity contribution < 1.29 is 0 Å². The van der Waals surface area contributed by atoms with Crippen molar-refractivity contribution in [3.8, 4) is 0 Å². The van der Waals surface area contributed by atoms with Gasteiger partial charge in [0.1, 0.15) is 10.7 Å². The van der Waals surface area contributed by atoms with Crippen LogP contribution in [0.1, 0.15) is 83.2 Å². The van der Waals surface area contributed by atoms with E-state index < -0.39 is 0 Å². The number of rotatable bonds is 6. The van der Waals surface area contributed by atoms with E-state index in [0.29, 0.717) is 16.8 Å². The van der Waals surface area contributed by atoms with Crippen molar-refractivity contribution in [3.05, 3.63) is 51.4 Å². The summed E-state index contributed by atoms with van der Waals surface area (Å²) in [4.78, 5) is 24.0. The normalized spacial score (nSPS) is 24.7. The molecular formula is C30H37ClN4OS. The molecule has 0 amide bonds. The largest absolute Gasteiger partial charge is 0.324 e. The van der Waals surface area contributed by atoms with E-state index in [4.69, 9.17) is 16.6 Å². The van der Waals surface area contributed by atoms with Gasteiger partial charge in [0, 0.05) is 33.5 Å². The Bertz CT molecular complexity index is 1370. The summed E-state index contributed by atoms with van der Waals surface area (Å²) in [6, 6.07) is 8.50. The molecule has 3 aromatic rings. The zero-order valence-electron chi connectivity index (χ0n) is 22.1. The Morgan fingerprint density at radius 2 is 1.89 bits per heavy atom. The molecule has 1 unspecified atom stereocenters. The highest BCUT2D eigenvalue weighted by atomic mass is 35.5. The molecule has 3 aliphatic carbocycles. The zero-order chi connectivity index (χ0) is 25.7. The van der Waals surface area contributed by atoms with Gasteiger partial charge in [-0.25, -0.2) is 4.98 Å². The van der Waals surface area contributed by atoms with Gasteiger partial charge >= 0.3 is 0 Å². The Labute approximate surface area is 228 Å². The molecule has 1 spiro atoms. The van der Waals surface area contributed by atoms with Crippen LogP contribution in [0.4, 0.5) is 11.6 Å². The highest BCUT2D eigenvalue weighted by Crippen LogP contribution is 2.63. The number of aromatic nitrogens is 3. The number of pyridine rings is 1. The van der Waals surface area contributed by atoms with Crippen molar-refractivity contribution >= 4 is 46.0 Å². The van der Waals surface area contributed by atoms with Crippen LogP contribution in [0.25, 0.3) is 11.0 Å². The third kappa shape index (κ3) is 4.92. The van der Waals surface area contributed by atoms with E-state index in [2.05, 4.69) is 49.3 Å². The molecule has 1 aromatic carbocycles. The summed E-state index contributed by atoms with van der Waals surface area (Å²) in [6.07, 6.45) is 12.9. The Hall–Kier alpha value is -2.05. The van der Waals surface area contributed by atoms with Gasteiger partial charge in [0.2, 0.25) is 5.95 Å². The molecule has 2 aromatic heterocycles. The molecule has 0 bridgehead atoms. The molecule has 0 saturated heterocycles. The Morgan fingerprint density at radius 1 is 1.11 bits per heavy atom. The van der Waals surface area contributed by atoms with Crippen LogP contribution in [-0.4, -0.2) is 19.8 Å². The number of hydrogen-bond donors (Lipinski definition) is 1. The van der Waals surface area contributed by atoms with Gasteiger partial charge in [-0.05, 0) is 105 Å². The van der Waals surface area contributed by atoms with Crippen LogP contribution in [0, 0.1) is 24.2 Å². The second-order valence-corrected chi connectivity index (χ2v) is 13.7. The smallest absolute Gasteiger partial charge is 0.271 e. The first-order valence-electron chi connectivity index (χ1n) is 14.0. The van der Waals surface area contributed by atoms with Crippen LogP contribution in [0.2, 0.25) is 5.02 Å². The summed E-state index contributed by atoms with van der Waals surface area (Å²) in [5, 5.41) is 5.20. The number of thioether (sulfide) groups is 1. The number of benzene rings is 1. The average Bonchev–Trinajstić information content (AvgIpc) is 3.54. The summed E-state index contributed by atoms with van der Waals surface area (Å²) in [5.74, 6) is 2.21. The second-order valence-electron chi connectivity index (χ2n) is 11.9. The second kappa shape index (κ2) is 9.92. The van der Waals surface area contributed by atoms with Gasteiger partial charge in [-0.1, -0.05) is 31.9 Å². The minimum absolute atomic E-state index is 0.128. The lowest BCUT2D eigenvalue weighted by Crippen LogP contribution is -2.29. The number of nitrogens with zero attached hydrogens (tertiary/aromatic N) is 3. The van der Waals surface area contributed by atoms with Crippen molar-refractivity contribution in [2.75, 3.05) is 5.32 Å². The highest BCUT2D eigenvalue weighted by Gasteiger charge is 2.53. The fraction of sp³-hybridized carbons (Fsp3) is 0.567. The summed E-state index contributed by atoms with van der Waals surface area (Å²) in [6.45, 7) is 6.85. The maximum absolute atomic E-state index is 13.2. The highest BCUT2D eigenvalue weighted by molar-refractivity contribution is 8.00. The quantitative estimate of drug-likeness (QED) is 0.343. The van der Waals surface area contributed by atoms with E-state index in [1.165, 1.54) is 55.4 Å². The topological polar surface area (TPSA) is 59.8 Å². The van der Waals surface area contributed by atoms with E-state index in [1.54, 1.807) is 12.3 Å². The molecule has 7 heteroatoms. The van der Waals surface area contributed by atoms with Crippen molar-refractivity contribution in [1.82, 2.24) is 14.5 Å². The van der Waals surface area contributed by atoms with Crippen molar-refractivity contribution in [2.45, 2.75) is 94.7 Å². The van der Waals surface area contributed by atoms with Crippen molar-refractivity contribution in [1.29, 1.82) is 0 Å². The van der Waals surface area contributed by atoms with E-state index in [9.17, 15) is 4.79 Å². The minimum Gasteiger partial charge on any atom is -0.324 e.